The average molecular weight is 379 g/mol. The Balaban J connectivity index is 1.65. The van der Waals surface area contributed by atoms with Crippen LogP contribution >= 0.6 is 0 Å². The lowest BCUT2D eigenvalue weighted by Gasteiger charge is -2.52. The number of aliphatic hydroxyl groups is 1. The van der Waals surface area contributed by atoms with Gasteiger partial charge in [-0.25, -0.2) is 4.39 Å². The highest BCUT2D eigenvalue weighted by atomic mass is 19.1. The van der Waals surface area contributed by atoms with Crippen molar-refractivity contribution in [1.82, 2.24) is 4.90 Å². The largest absolute Gasteiger partial charge is 0.389 e. The molecular formula is C24H26FNO2. The zero-order valence-electron chi connectivity index (χ0n) is 15.9. The highest BCUT2D eigenvalue weighted by Crippen LogP contribution is 2.49. The first-order valence-electron chi connectivity index (χ1n) is 10.1. The second kappa shape index (κ2) is 7.88. The van der Waals surface area contributed by atoms with E-state index in [4.69, 9.17) is 0 Å². The molecule has 4 rings (SSSR count). The Morgan fingerprint density at radius 2 is 1.82 bits per heavy atom. The van der Waals surface area contributed by atoms with Gasteiger partial charge in [0.25, 0.3) is 0 Å². The molecule has 4 heteroatoms. The van der Waals surface area contributed by atoms with Gasteiger partial charge >= 0.3 is 0 Å². The molecule has 146 valence electrons. The van der Waals surface area contributed by atoms with Crippen molar-refractivity contribution in [2.75, 3.05) is 6.54 Å². The highest BCUT2D eigenvalue weighted by Gasteiger charge is 2.49. The van der Waals surface area contributed by atoms with Crippen LogP contribution in [0.3, 0.4) is 0 Å². The third-order valence-corrected chi connectivity index (χ3v) is 6.28. The predicted octanol–water partition coefficient (Wildman–Crippen LogP) is 4.73. The van der Waals surface area contributed by atoms with Crippen molar-refractivity contribution in [3.63, 3.8) is 0 Å². The lowest BCUT2D eigenvalue weighted by atomic mass is 9.66. The molecular weight excluding hydrogens is 353 g/mol. The van der Waals surface area contributed by atoms with E-state index in [0.717, 1.165) is 36.8 Å². The van der Waals surface area contributed by atoms with Crippen LogP contribution in [0.25, 0.3) is 6.08 Å². The summed E-state index contributed by atoms with van der Waals surface area (Å²) < 4.78 is 13.5. The van der Waals surface area contributed by atoms with Crippen molar-refractivity contribution >= 4 is 12.0 Å². The van der Waals surface area contributed by atoms with Gasteiger partial charge in [-0.2, -0.15) is 0 Å². The van der Waals surface area contributed by atoms with E-state index in [0.29, 0.717) is 13.0 Å². The summed E-state index contributed by atoms with van der Waals surface area (Å²) in [6.45, 7) is 0.507. The number of likely N-dealkylation sites (tertiary alicyclic amines) is 1. The van der Waals surface area contributed by atoms with Gasteiger partial charge in [-0.15, -0.1) is 0 Å². The average Bonchev–Trinajstić information content (AvgIpc) is 2.72. The van der Waals surface area contributed by atoms with E-state index in [9.17, 15) is 14.3 Å². The number of carbonyl (C=O) groups excluding carboxylic acids is 1. The van der Waals surface area contributed by atoms with Crippen LogP contribution in [0.1, 0.15) is 49.3 Å². The molecule has 2 fully saturated rings. The predicted molar refractivity (Wildman–Crippen MR) is 108 cm³/mol. The van der Waals surface area contributed by atoms with E-state index >= 15 is 0 Å². The summed E-state index contributed by atoms with van der Waals surface area (Å²) in [6, 6.07) is 15.9. The Kier molecular flexibility index (Phi) is 5.31. The first-order valence-corrected chi connectivity index (χ1v) is 10.1. The molecule has 0 spiro atoms. The SMILES string of the molecule is O=C(C=Cc1ccccc1)N1CCC2(O)CCCCC2C1c1ccc(F)cc1. The summed E-state index contributed by atoms with van der Waals surface area (Å²) in [5.74, 6) is -0.374. The standard InChI is InChI=1S/C24H26FNO2/c25-20-12-10-19(11-13-20)23-21-8-4-5-15-24(21,28)16-17-26(23)22(27)14-9-18-6-2-1-3-7-18/h1-3,6-7,9-14,21,23,28H,4-5,8,15-17H2. The molecule has 3 unspecified atom stereocenters. The highest BCUT2D eigenvalue weighted by molar-refractivity contribution is 5.92. The fourth-order valence-corrected chi connectivity index (χ4v) is 4.83. The summed E-state index contributed by atoms with van der Waals surface area (Å²) in [5.41, 5.74) is 1.13. The quantitative estimate of drug-likeness (QED) is 0.783. The maximum absolute atomic E-state index is 13.5. The minimum Gasteiger partial charge on any atom is -0.389 e. The Bertz CT molecular complexity index is 849. The Morgan fingerprint density at radius 3 is 2.57 bits per heavy atom. The van der Waals surface area contributed by atoms with Crippen LogP contribution in [0.2, 0.25) is 0 Å². The molecule has 1 N–H and O–H groups in total. The first kappa shape index (κ1) is 18.9. The summed E-state index contributed by atoms with van der Waals surface area (Å²) in [7, 11) is 0. The van der Waals surface area contributed by atoms with Gasteiger partial charge in [-0.1, -0.05) is 55.3 Å². The Morgan fingerprint density at radius 1 is 1.07 bits per heavy atom. The van der Waals surface area contributed by atoms with E-state index in [-0.39, 0.29) is 23.7 Å². The summed E-state index contributed by atoms with van der Waals surface area (Å²) >= 11 is 0. The maximum atomic E-state index is 13.5. The molecule has 3 nitrogen and oxygen atoms in total. The molecule has 1 saturated carbocycles. The van der Waals surface area contributed by atoms with Crippen molar-refractivity contribution in [1.29, 1.82) is 0 Å². The third kappa shape index (κ3) is 3.74. The van der Waals surface area contributed by atoms with Crippen molar-refractivity contribution in [3.8, 4) is 0 Å². The third-order valence-electron chi connectivity index (χ3n) is 6.28. The molecule has 2 aromatic carbocycles. The van der Waals surface area contributed by atoms with E-state index in [1.807, 2.05) is 41.3 Å². The van der Waals surface area contributed by atoms with Crippen LogP contribution in [0.4, 0.5) is 4.39 Å². The van der Waals surface area contributed by atoms with Gasteiger partial charge in [0, 0.05) is 18.5 Å². The van der Waals surface area contributed by atoms with Gasteiger partial charge < -0.3 is 10.0 Å². The normalized spacial score (nSPS) is 27.6. The van der Waals surface area contributed by atoms with E-state index < -0.39 is 5.60 Å². The molecule has 28 heavy (non-hydrogen) atoms. The molecule has 1 heterocycles. The number of benzene rings is 2. The molecule has 2 aromatic rings. The summed E-state index contributed by atoms with van der Waals surface area (Å²) in [4.78, 5) is 14.9. The van der Waals surface area contributed by atoms with Crippen LogP contribution < -0.4 is 0 Å². The first-order chi connectivity index (χ1) is 13.6. The van der Waals surface area contributed by atoms with Crippen molar-refractivity contribution < 1.29 is 14.3 Å². The topological polar surface area (TPSA) is 40.5 Å². The molecule has 0 aromatic heterocycles. The van der Waals surface area contributed by atoms with E-state index in [2.05, 4.69) is 0 Å². The summed E-state index contributed by atoms with van der Waals surface area (Å²) in [5, 5.41) is 11.3. The minimum absolute atomic E-state index is 0.0189. The Labute approximate surface area is 165 Å². The van der Waals surface area contributed by atoms with Crippen LogP contribution in [0.15, 0.2) is 60.7 Å². The fourth-order valence-electron chi connectivity index (χ4n) is 4.83. The van der Waals surface area contributed by atoms with Gasteiger partial charge in [-0.3, -0.25) is 4.79 Å². The molecule has 1 amide bonds. The van der Waals surface area contributed by atoms with Crippen LogP contribution in [0, 0.1) is 11.7 Å². The molecule has 3 atom stereocenters. The lowest BCUT2D eigenvalue weighted by Crippen LogP contribution is -2.56. The van der Waals surface area contributed by atoms with Crippen molar-refractivity contribution in [2.45, 2.75) is 43.7 Å². The van der Waals surface area contributed by atoms with Gasteiger partial charge in [0.1, 0.15) is 5.82 Å². The molecule has 0 radical (unpaired) electrons. The van der Waals surface area contributed by atoms with Crippen LogP contribution in [-0.4, -0.2) is 28.1 Å². The van der Waals surface area contributed by atoms with Gasteiger partial charge in [0.2, 0.25) is 5.91 Å². The van der Waals surface area contributed by atoms with Crippen LogP contribution in [-0.2, 0) is 4.79 Å². The molecule has 0 bridgehead atoms. The van der Waals surface area contributed by atoms with Crippen LogP contribution in [0.5, 0.6) is 0 Å². The second-order valence-electron chi connectivity index (χ2n) is 7.98. The number of rotatable bonds is 3. The van der Waals surface area contributed by atoms with Crippen molar-refractivity contribution in [2.24, 2.45) is 5.92 Å². The zero-order valence-corrected chi connectivity index (χ0v) is 15.9. The maximum Gasteiger partial charge on any atom is 0.247 e. The number of hydrogen-bond acceptors (Lipinski definition) is 2. The van der Waals surface area contributed by atoms with Gasteiger partial charge in [-0.05, 0) is 48.6 Å². The lowest BCUT2D eigenvalue weighted by molar-refractivity contribution is -0.150. The number of hydrogen-bond donors (Lipinski definition) is 1. The smallest absolute Gasteiger partial charge is 0.247 e. The number of amides is 1. The fraction of sp³-hybridized carbons (Fsp3) is 0.375. The van der Waals surface area contributed by atoms with Gasteiger partial charge in [0.15, 0.2) is 0 Å². The number of carbonyl (C=O) groups is 1. The number of halogens is 1. The summed E-state index contributed by atoms with van der Waals surface area (Å²) in [6.07, 6.45) is 7.75. The van der Waals surface area contributed by atoms with Gasteiger partial charge in [0.05, 0.1) is 11.6 Å². The molecule has 1 saturated heterocycles. The van der Waals surface area contributed by atoms with E-state index in [1.165, 1.54) is 12.1 Å². The van der Waals surface area contributed by atoms with E-state index in [1.54, 1.807) is 18.2 Å². The molecule has 1 aliphatic heterocycles. The number of nitrogens with zero attached hydrogens (tertiary/aromatic N) is 1. The van der Waals surface area contributed by atoms with Crippen molar-refractivity contribution in [3.05, 3.63) is 77.6 Å². The zero-order chi connectivity index (χ0) is 19.6. The minimum atomic E-state index is -0.739. The Hall–Kier alpha value is -2.46. The second-order valence-corrected chi connectivity index (χ2v) is 7.98. The number of fused-ring (bicyclic) bond motifs is 1. The molecule has 1 aliphatic carbocycles. The monoisotopic (exact) mass is 379 g/mol. The number of piperidine rings is 1. The molecule has 2 aliphatic rings.